The fourth-order valence-electron chi connectivity index (χ4n) is 2.38. The van der Waals surface area contributed by atoms with Crippen molar-refractivity contribution in [2.45, 2.75) is 19.4 Å². The quantitative estimate of drug-likeness (QED) is 0.797. The van der Waals surface area contributed by atoms with Gasteiger partial charge in [0.1, 0.15) is 5.15 Å². The monoisotopic (exact) mass is 292 g/mol. The first-order valence-corrected chi connectivity index (χ1v) is 7.08. The van der Waals surface area contributed by atoms with Crippen molar-refractivity contribution < 1.29 is 4.79 Å². The number of hydrogen-bond donors (Lipinski definition) is 0. The number of carbonyl (C=O) groups excluding carboxylic acids is 1. The molecule has 0 radical (unpaired) electrons. The summed E-state index contributed by atoms with van der Waals surface area (Å²) in [6, 6.07) is 5.63. The van der Waals surface area contributed by atoms with E-state index in [4.69, 9.17) is 16.9 Å². The zero-order valence-electron chi connectivity index (χ0n) is 11.4. The van der Waals surface area contributed by atoms with Gasteiger partial charge in [-0.2, -0.15) is 5.26 Å². The summed E-state index contributed by atoms with van der Waals surface area (Å²) in [5.41, 5.74) is 0.440. The summed E-state index contributed by atoms with van der Waals surface area (Å²) in [7, 11) is 0. The van der Waals surface area contributed by atoms with Crippen LogP contribution in [0.5, 0.6) is 0 Å². The second-order valence-electron chi connectivity index (χ2n) is 4.72. The highest BCUT2D eigenvalue weighted by molar-refractivity contribution is 6.32. The number of nitriles is 1. The highest BCUT2D eigenvalue weighted by atomic mass is 35.5. The summed E-state index contributed by atoms with van der Waals surface area (Å²) in [6.45, 7) is 4.66. The Balaban J connectivity index is 1.99. The molecule has 0 spiro atoms. The van der Waals surface area contributed by atoms with Crippen LogP contribution < -0.4 is 0 Å². The molecule has 1 aliphatic heterocycles. The number of rotatable bonds is 3. The van der Waals surface area contributed by atoms with Gasteiger partial charge in [-0.05, 0) is 18.6 Å². The molecule has 0 bridgehead atoms. The summed E-state index contributed by atoms with van der Waals surface area (Å²) >= 11 is 5.95. The summed E-state index contributed by atoms with van der Waals surface area (Å²) in [5.74, 6) is -0.0900. The van der Waals surface area contributed by atoms with Crippen LogP contribution >= 0.6 is 11.6 Å². The van der Waals surface area contributed by atoms with E-state index in [2.05, 4.69) is 16.0 Å². The first-order chi connectivity index (χ1) is 9.67. The van der Waals surface area contributed by atoms with Crippen LogP contribution in [0.4, 0.5) is 0 Å². The molecule has 1 atom stereocenters. The lowest BCUT2D eigenvalue weighted by molar-refractivity contribution is 0.0604. The van der Waals surface area contributed by atoms with Crippen LogP contribution in [0.25, 0.3) is 0 Å². The molecule has 0 N–H and O–H groups in total. The van der Waals surface area contributed by atoms with E-state index < -0.39 is 0 Å². The van der Waals surface area contributed by atoms with Gasteiger partial charge >= 0.3 is 0 Å². The molecule has 0 aliphatic carbocycles. The molecule has 1 unspecified atom stereocenters. The molecular formula is C14H17ClN4O. The predicted molar refractivity (Wildman–Crippen MR) is 76.4 cm³/mol. The molecule has 2 heterocycles. The minimum Gasteiger partial charge on any atom is -0.336 e. The maximum Gasteiger partial charge on any atom is 0.257 e. The third-order valence-corrected chi connectivity index (χ3v) is 3.87. The maximum absolute atomic E-state index is 12.4. The third kappa shape index (κ3) is 3.09. The Hall–Kier alpha value is -1.64. The number of hydrogen-bond acceptors (Lipinski definition) is 4. The van der Waals surface area contributed by atoms with Crippen molar-refractivity contribution in [3.8, 4) is 6.07 Å². The molecule has 1 fully saturated rings. The SMILES string of the molecule is CCC(C#N)N1CCN(C(=O)c2cccnc2Cl)CC1. The maximum atomic E-state index is 12.4. The standard InChI is InChI=1S/C14H17ClN4O/c1-2-11(10-16)18-6-8-19(9-7-18)14(20)12-4-3-5-17-13(12)15/h3-5,11H,2,6-9H2,1H3. The molecule has 1 aromatic heterocycles. The lowest BCUT2D eigenvalue weighted by Crippen LogP contribution is -2.51. The van der Waals surface area contributed by atoms with Crippen LogP contribution in [-0.4, -0.2) is 52.9 Å². The first-order valence-electron chi connectivity index (χ1n) is 6.70. The number of nitrogens with zero attached hydrogens (tertiary/aromatic N) is 4. The Morgan fingerprint density at radius 1 is 1.50 bits per heavy atom. The molecular weight excluding hydrogens is 276 g/mol. The highest BCUT2D eigenvalue weighted by Gasteiger charge is 2.26. The predicted octanol–water partition coefficient (Wildman–Crippen LogP) is 1.79. The van der Waals surface area contributed by atoms with Crippen molar-refractivity contribution in [2.24, 2.45) is 0 Å². The van der Waals surface area contributed by atoms with Crippen molar-refractivity contribution in [3.63, 3.8) is 0 Å². The summed E-state index contributed by atoms with van der Waals surface area (Å²) in [5, 5.41) is 9.31. The van der Waals surface area contributed by atoms with Crippen LogP contribution in [-0.2, 0) is 0 Å². The Morgan fingerprint density at radius 2 is 2.20 bits per heavy atom. The van der Waals surface area contributed by atoms with Gasteiger partial charge in [-0.3, -0.25) is 9.69 Å². The van der Waals surface area contributed by atoms with Crippen molar-refractivity contribution >= 4 is 17.5 Å². The van der Waals surface area contributed by atoms with E-state index >= 15 is 0 Å². The topological polar surface area (TPSA) is 60.2 Å². The Bertz CT molecular complexity index is 520. The number of piperazine rings is 1. The Morgan fingerprint density at radius 3 is 2.75 bits per heavy atom. The van der Waals surface area contributed by atoms with E-state index in [1.165, 1.54) is 0 Å². The largest absolute Gasteiger partial charge is 0.336 e. The third-order valence-electron chi connectivity index (χ3n) is 3.57. The minimum absolute atomic E-state index is 0.0609. The zero-order valence-corrected chi connectivity index (χ0v) is 12.2. The molecule has 0 saturated carbocycles. The molecule has 1 amide bonds. The molecule has 2 rings (SSSR count). The van der Waals surface area contributed by atoms with Crippen LogP contribution in [0.1, 0.15) is 23.7 Å². The summed E-state index contributed by atoms with van der Waals surface area (Å²) in [6.07, 6.45) is 2.37. The van der Waals surface area contributed by atoms with Gasteiger partial charge in [0, 0.05) is 32.4 Å². The first kappa shape index (κ1) is 14.8. The molecule has 20 heavy (non-hydrogen) atoms. The van der Waals surface area contributed by atoms with E-state index in [0.717, 1.165) is 19.5 Å². The van der Waals surface area contributed by atoms with Gasteiger partial charge in [0.15, 0.2) is 0 Å². The smallest absolute Gasteiger partial charge is 0.257 e. The Labute approximate surface area is 123 Å². The van der Waals surface area contributed by atoms with Gasteiger partial charge in [-0.15, -0.1) is 0 Å². The summed E-state index contributed by atoms with van der Waals surface area (Å²) < 4.78 is 0. The molecule has 6 heteroatoms. The van der Waals surface area contributed by atoms with Crippen LogP contribution in [0.2, 0.25) is 5.15 Å². The number of aromatic nitrogens is 1. The molecule has 106 valence electrons. The Kier molecular flexibility index (Phi) is 4.94. The number of pyridine rings is 1. The highest BCUT2D eigenvalue weighted by Crippen LogP contribution is 2.16. The van der Waals surface area contributed by atoms with Gasteiger partial charge in [-0.25, -0.2) is 4.98 Å². The van der Waals surface area contributed by atoms with Crippen molar-refractivity contribution in [1.29, 1.82) is 5.26 Å². The average Bonchev–Trinajstić information content (AvgIpc) is 2.49. The average molecular weight is 293 g/mol. The van der Waals surface area contributed by atoms with Gasteiger partial charge in [0.05, 0.1) is 17.7 Å². The second-order valence-corrected chi connectivity index (χ2v) is 5.08. The fraction of sp³-hybridized carbons (Fsp3) is 0.500. The van der Waals surface area contributed by atoms with Gasteiger partial charge in [0.2, 0.25) is 0 Å². The molecule has 0 aromatic carbocycles. The van der Waals surface area contributed by atoms with Crippen molar-refractivity contribution in [1.82, 2.24) is 14.8 Å². The second kappa shape index (κ2) is 6.69. The van der Waals surface area contributed by atoms with Crippen molar-refractivity contribution in [2.75, 3.05) is 26.2 Å². The molecule has 5 nitrogen and oxygen atoms in total. The molecule has 1 aliphatic rings. The van der Waals surface area contributed by atoms with Gasteiger partial charge in [-0.1, -0.05) is 18.5 Å². The lowest BCUT2D eigenvalue weighted by atomic mass is 10.1. The van der Waals surface area contributed by atoms with E-state index in [1.54, 1.807) is 23.2 Å². The van der Waals surface area contributed by atoms with Gasteiger partial charge < -0.3 is 4.90 Å². The normalized spacial score (nSPS) is 17.6. The number of amides is 1. The van der Waals surface area contributed by atoms with E-state index in [-0.39, 0.29) is 17.1 Å². The van der Waals surface area contributed by atoms with Gasteiger partial charge in [0.25, 0.3) is 5.91 Å². The molecule has 1 aromatic rings. The zero-order chi connectivity index (χ0) is 14.5. The van der Waals surface area contributed by atoms with Crippen LogP contribution in [0.3, 0.4) is 0 Å². The van der Waals surface area contributed by atoms with E-state index in [1.807, 2.05) is 6.92 Å². The number of carbonyl (C=O) groups is 1. The van der Waals surface area contributed by atoms with Crippen LogP contribution in [0, 0.1) is 11.3 Å². The minimum atomic E-state index is -0.0900. The van der Waals surface area contributed by atoms with Crippen molar-refractivity contribution in [3.05, 3.63) is 29.0 Å². The fourth-order valence-corrected chi connectivity index (χ4v) is 2.58. The van der Waals surface area contributed by atoms with E-state index in [9.17, 15) is 4.79 Å². The van der Waals surface area contributed by atoms with E-state index in [0.29, 0.717) is 18.7 Å². The molecule has 1 saturated heterocycles. The number of halogens is 1. The van der Waals surface area contributed by atoms with Crippen LogP contribution in [0.15, 0.2) is 18.3 Å². The lowest BCUT2D eigenvalue weighted by Gasteiger charge is -2.36. The summed E-state index contributed by atoms with van der Waals surface area (Å²) in [4.78, 5) is 20.2.